The van der Waals surface area contributed by atoms with Gasteiger partial charge in [-0.1, -0.05) is 47.6 Å². The van der Waals surface area contributed by atoms with Gasteiger partial charge in [0.2, 0.25) is 0 Å². The highest BCUT2D eigenvalue weighted by Gasteiger charge is 2.30. The molecule has 1 aliphatic carbocycles. The molecular formula is C23H22N6O. The Morgan fingerprint density at radius 1 is 0.767 bits per heavy atom. The molecule has 3 heterocycles. The van der Waals surface area contributed by atoms with E-state index in [1.807, 2.05) is 12.1 Å². The van der Waals surface area contributed by atoms with Crippen molar-refractivity contribution >= 4 is 22.3 Å². The summed E-state index contributed by atoms with van der Waals surface area (Å²) >= 11 is 0. The molecule has 2 aromatic carbocycles. The summed E-state index contributed by atoms with van der Waals surface area (Å²) in [6.45, 7) is 3.71. The van der Waals surface area contributed by atoms with Gasteiger partial charge in [0.15, 0.2) is 17.3 Å². The Labute approximate surface area is 174 Å². The Kier molecular flexibility index (Phi) is 4.11. The first-order valence-corrected chi connectivity index (χ1v) is 10.5. The quantitative estimate of drug-likeness (QED) is 0.516. The Hall–Kier alpha value is -3.48. The lowest BCUT2D eigenvalue weighted by Gasteiger charge is -2.36. The van der Waals surface area contributed by atoms with Gasteiger partial charge in [-0.15, -0.1) is 10.2 Å². The van der Waals surface area contributed by atoms with E-state index in [4.69, 9.17) is 4.52 Å². The van der Waals surface area contributed by atoms with E-state index in [9.17, 15) is 0 Å². The molecule has 0 atom stereocenters. The number of benzene rings is 2. The van der Waals surface area contributed by atoms with Gasteiger partial charge in [0.25, 0.3) is 5.89 Å². The number of piperazine rings is 1. The Balaban J connectivity index is 1.30. The molecule has 0 amide bonds. The van der Waals surface area contributed by atoms with Crippen LogP contribution in [0.15, 0.2) is 59.1 Å². The highest BCUT2D eigenvalue weighted by atomic mass is 16.5. The van der Waals surface area contributed by atoms with Gasteiger partial charge < -0.3 is 14.3 Å². The molecule has 150 valence electrons. The molecule has 1 saturated carbocycles. The predicted octanol–water partition coefficient (Wildman–Crippen LogP) is 3.88. The van der Waals surface area contributed by atoms with E-state index in [1.165, 1.54) is 5.69 Å². The van der Waals surface area contributed by atoms with Crippen molar-refractivity contribution < 1.29 is 4.52 Å². The van der Waals surface area contributed by atoms with Crippen molar-refractivity contribution in [2.75, 3.05) is 36.0 Å². The van der Waals surface area contributed by atoms with E-state index in [0.717, 1.165) is 61.4 Å². The molecule has 30 heavy (non-hydrogen) atoms. The van der Waals surface area contributed by atoms with Crippen molar-refractivity contribution in [3.05, 3.63) is 60.4 Å². The number of anilines is 2. The zero-order chi connectivity index (χ0) is 19.9. The lowest BCUT2D eigenvalue weighted by Crippen LogP contribution is -2.47. The van der Waals surface area contributed by atoms with Crippen LogP contribution >= 0.6 is 0 Å². The fraction of sp³-hybridized carbons (Fsp3) is 0.304. The molecule has 0 N–H and O–H groups in total. The lowest BCUT2D eigenvalue weighted by molar-refractivity contribution is 0.421. The summed E-state index contributed by atoms with van der Waals surface area (Å²) in [5.41, 5.74) is 1.93. The van der Waals surface area contributed by atoms with Crippen LogP contribution in [0.4, 0.5) is 11.5 Å². The number of para-hydroxylation sites is 1. The molecule has 0 spiro atoms. The van der Waals surface area contributed by atoms with Crippen molar-refractivity contribution in [2.24, 2.45) is 0 Å². The maximum atomic E-state index is 5.52. The maximum Gasteiger partial charge on any atom is 0.279 e. The maximum absolute atomic E-state index is 5.52. The Morgan fingerprint density at radius 3 is 2.23 bits per heavy atom. The van der Waals surface area contributed by atoms with Crippen LogP contribution in [0.1, 0.15) is 24.6 Å². The molecule has 1 aliphatic heterocycles. The van der Waals surface area contributed by atoms with Crippen molar-refractivity contribution in [1.82, 2.24) is 20.3 Å². The van der Waals surface area contributed by atoms with E-state index < -0.39 is 0 Å². The number of fused-ring (bicyclic) bond motifs is 1. The van der Waals surface area contributed by atoms with Gasteiger partial charge in [0, 0.05) is 48.6 Å². The highest BCUT2D eigenvalue weighted by molar-refractivity contribution is 5.99. The number of hydrogen-bond donors (Lipinski definition) is 0. The van der Waals surface area contributed by atoms with E-state index in [0.29, 0.717) is 17.5 Å². The summed E-state index contributed by atoms with van der Waals surface area (Å²) in [7, 11) is 0. The van der Waals surface area contributed by atoms with Crippen molar-refractivity contribution in [3.8, 4) is 11.6 Å². The topological polar surface area (TPSA) is 71.2 Å². The predicted molar refractivity (Wildman–Crippen MR) is 116 cm³/mol. The minimum absolute atomic E-state index is 0.446. The normalized spacial score (nSPS) is 16.9. The summed E-state index contributed by atoms with van der Waals surface area (Å²) in [6, 6.07) is 18.8. The fourth-order valence-electron chi connectivity index (χ4n) is 4.13. The van der Waals surface area contributed by atoms with Gasteiger partial charge in [-0.2, -0.15) is 4.98 Å². The monoisotopic (exact) mass is 398 g/mol. The fourth-order valence-corrected chi connectivity index (χ4v) is 4.13. The van der Waals surface area contributed by atoms with Crippen LogP contribution in [0, 0.1) is 0 Å². The average Bonchev–Trinajstić information content (AvgIpc) is 3.56. The molecule has 0 radical (unpaired) electrons. The zero-order valence-electron chi connectivity index (χ0n) is 16.6. The van der Waals surface area contributed by atoms with Gasteiger partial charge in [-0.05, 0) is 25.0 Å². The van der Waals surface area contributed by atoms with E-state index in [-0.39, 0.29) is 0 Å². The molecule has 2 aliphatic rings. The van der Waals surface area contributed by atoms with Gasteiger partial charge >= 0.3 is 0 Å². The second-order valence-electron chi connectivity index (χ2n) is 7.96. The summed E-state index contributed by atoms with van der Waals surface area (Å²) in [5, 5.41) is 15.3. The van der Waals surface area contributed by atoms with Gasteiger partial charge in [-0.3, -0.25) is 0 Å². The van der Waals surface area contributed by atoms with Crippen LogP contribution in [0.3, 0.4) is 0 Å². The van der Waals surface area contributed by atoms with Crippen molar-refractivity contribution in [1.29, 1.82) is 0 Å². The average molecular weight is 398 g/mol. The standard InChI is InChI=1S/C23H22N6O/c1-2-6-17(7-3-1)28-12-14-29(15-13-28)22-19-9-5-4-8-18(19)20(25-26-22)23-24-21(27-30-23)16-10-11-16/h1-9,16H,10-15H2. The minimum Gasteiger partial charge on any atom is -0.368 e. The van der Waals surface area contributed by atoms with Gasteiger partial charge in [0.1, 0.15) is 0 Å². The Morgan fingerprint density at radius 2 is 1.47 bits per heavy atom. The third-order valence-electron chi connectivity index (χ3n) is 5.96. The second kappa shape index (κ2) is 7.09. The largest absolute Gasteiger partial charge is 0.368 e. The summed E-state index contributed by atoms with van der Waals surface area (Å²) < 4.78 is 5.52. The van der Waals surface area contributed by atoms with Gasteiger partial charge in [-0.25, -0.2) is 0 Å². The van der Waals surface area contributed by atoms with E-state index in [2.05, 4.69) is 72.6 Å². The third kappa shape index (κ3) is 3.07. The van der Waals surface area contributed by atoms with E-state index in [1.54, 1.807) is 0 Å². The number of aromatic nitrogens is 4. The first kappa shape index (κ1) is 17.4. The zero-order valence-corrected chi connectivity index (χ0v) is 16.6. The minimum atomic E-state index is 0.446. The molecule has 2 fully saturated rings. The summed E-state index contributed by atoms with van der Waals surface area (Å²) in [6.07, 6.45) is 2.28. The van der Waals surface area contributed by atoms with Crippen LogP contribution in [0.25, 0.3) is 22.4 Å². The molecule has 4 aromatic rings. The molecule has 7 heteroatoms. The van der Waals surface area contributed by atoms with Crippen LogP contribution in [-0.4, -0.2) is 46.5 Å². The van der Waals surface area contributed by atoms with Crippen LogP contribution in [0.2, 0.25) is 0 Å². The Bertz CT molecular complexity index is 1180. The molecule has 0 unspecified atom stereocenters. The van der Waals surface area contributed by atoms with Crippen molar-refractivity contribution in [3.63, 3.8) is 0 Å². The number of hydrogen-bond acceptors (Lipinski definition) is 7. The summed E-state index contributed by atoms with van der Waals surface area (Å²) in [4.78, 5) is 9.31. The van der Waals surface area contributed by atoms with E-state index >= 15 is 0 Å². The number of nitrogens with zero attached hydrogens (tertiary/aromatic N) is 6. The van der Waals surface area contributed by atoms with Crippen LogP contribution < -0.4 is 9.80 Å². The second-order valence-corrected chi connectivity index (χ2v) is 7.96. The molecule has 2 aromatic heterocycles. The van der Waals surface area contributed by atoms with Crippen molar-refractivity contribution in [2.45, 2.75) is 18.8 Å². The smallest absolute Gasteiger partial charge is 0.279 e. The van der Waals surface area contributed by atoms with Crippen LogP contribution in [0.5, 0.6) is 0 Å². The molecular weight excluding hydrogens is 376 g/mol. The summed E-state index contributed by atoms with van der Waals surface area (Å²) in [5.74, 6) is 2.61. The first-order valence-electron chi connectivity index (χ1n) is 10.5. The first-order chi connectivity index (χ1) is 14.9. The van der Waals surface area contributed by atoms with Gasteiger partial charge in [0.05, 0.1) is 0 Å². The SMILES string of the molecule is c1ccc(N2CCN(c3nnc(-c4nc(C5CC5)no4)c4ccccc34)CC2)cc1. The van der Waals surface area contributed by atoms with Crippen LogP contribution in [-0.2, 0) is 0 Å². The molecule has 6 rings (SSSR count). The molecule has 1 saturated heterocycles. The highest BCUT2D eigenvalue weighted by Crippen LogP contribution is 2.39. The third-order valence-corrected chi connectivity index (χ3v) is 5.96. The molecule has 0 bridgehead atoms. The number of rotatable bonds is 4. The molecule has 7 nitrogen and oxygen atoms in total. The lowest BCUT2D eigenvalue weighted by atomic mass is 10.1.